The summed E-state index contributed by atoms with van der Waals surface area (Å²) in [4.78, 5) is 11.8. The first-order chi connectivity index (χ1) is 11.3. The minimum Gasteiger partial charge on any atom is -0.492 e. The minimum absolute atomic E-state index is 0.130. The van der Waals surface area contributed by atoms with Crippen LogP contribution in [0.2, 0.25) is 0 Å². The van der Waals surface area contributed by atoms with Crippen molar-refractivity contribution in [1.29, 1.82) is 0 Å². The summed E-state index contributed by atoms with van der Waals surface area (Å²) >= 11 is 3.37. The maximum atomic E-state index is 11.8. The average Bonchev–Trinajstić information content (AvgIpc) is 2.51. The van der Waals surface area contributed by atoms with Crippen LogP contribution in [0.15, 0.2) is 53.0 Å². The number of carbonyl (C=O) groups excluding carboxylic acids is 1. The van der Waals surface area contributed by atoms with Gasteiger partial charge in [-0.05, 0) is 41.3 Å². The van der Waals surface area contributed by atoms with Crippen LogP contribution in [0.1, 0.15) is 26.3 Å². The van der Waals surface area contributed by atoms with Crippen molar-refractivity contribution in [2.75, 3.05) is 18.5 Å². The molecule has 0 aromatic heterocycles. The second-order valence-electron chi connectivity index (χ2n) is 6.51. The molecule has 0 saturated heterocycles. The number of carbonyl (C=O) groups is 1. The van der Waals surface area contributed by atoms with Crippen LogP contribution in [0.4, 0.5) is 10.5 Å². The van der Waals surface area contributed by atoms with Crippen molar-refractivity contribution < 1.29 is 9.53 Å². The van der Waals surface area contributed by atoms with Crippen LogP contribution < -0.4 is 15.4 Å². The summed E-state index contributed by atoms with van der Waals surface area (Å²) in [6, 6.07) is 15.3. The molecule has 2 rings (SSSR count). The molecule has 0 saturated carbocycles. The minimum atomic E-state index is -0.250. The number of hydrogen-bond acceptors (Lipinski definition) is 2. The van der Waals surface area contributed by atoms with Crippen LogP contribution >= 0.6 is 15.9 Å². The van der Waals surface area contributed by atoms with Gasteiger partial charge in [-0.1, -0.05) is 54.9 Å². The fourth-order valence-corrected chi connectivity index (χ4v) is 2.53. The third-order valence-electron chi connectivity index (χ3n) is 3.46. The van der Waals surface area contributed by atoms with Gasteiger partial charge in [0.25, 0.3) is 0 Å². The lowest BCUT2D eigenvalue weighted by atomic mass is 9.87. The van der Waals surface area contributed by atoms with E-state index in [2.05, 4.69) is 59.5 Å². The standard InChI is InChI=1S/C19H23BrN2O2/c1-19(2,3)14-7-9-17(10-8-14)24-12-11-21-18(23)22-16-6-4-5-15(20)13-16/h4-10,13H,11-12H2,1-3H3,(H2,21,22,23). The molecule has 0 atom stereocenters. The first-order valence-electron chi connectivity index (χ1n) is 7.88. The maximum absolute atomic E-state index is 11.8. The lowest BCUT2D eigenvalue weighted by Gasteiger charge is -2.19. The van der Waals surface area contributed by atoms with Crippen LogP contribution in [0.25, 0.3) is 0 Å². The molecule has 24 heavy (non-hydrogen) atoms. The van der Waals surface area contributed by atoms with E-state index in [9.17, 15) is 4.79 Å². The molecule has 2 amide bonds. The summed E-state index contributed by atoms with van der Waals surface area (Å²) in [6.45, 7) is 7.38. The van der Waals surface area contributed by atoms with Crippen molar-refractivity contribution >= 4 is 27.6 Å². The normalized spacial score (nSPS) is 11.0. The Balaban J connectivity index is 1.71. The topological polar surface area (TPSA) is 50.4 Å². The Morgan fingerprint density at radius 2 is 1.83 bits per heavy atom. The summed E-state index contributed by atoms with van der Waals surface area (Å²) in [7, 11) is 0. The summed E-state index contributed by atoms with van der Waals surface area (Å²) in [5.41, 5.74) is 2.13. The Hall–Kier alpha value is -2.01. The van der Waals surface area contributed by atoms with E-state index in [-0.39, 0.29) is 11.4 Å². The predicted octanol–water partition coefficient (Wildman–Crippen LogP) is 4.95. The molecule has 0 radical (unpaired) electrons. The zero-order valence-electron chi connectivity index (χ0n) is 14.2. The summed E-state index contributed by atoms with van der Waals surface area (Å²) in [5.74, 6) is 0.803. The average molecular weight is 391 g/mol. The highest BCUT2D eigenvalue weighted by Crippen LogP contribution is 2.24. The largest absolute Gasteiger partial charge is 0.492 e. The van der Waals surface area contributed by atoms with E-state index in [1.165, 1.54) is 5.56 Å². The van der Waals surface area contributed by atoms with Gasteiger partial charge in [0.2, 0.25) is 0 Å². The van der Waals surface area contributed by atoms with Gasteiger partial charge < -0.3 is 15.4 Å². The lowest BCUT2D eigenvalue weighted by Crippen LogP contribution is -2.32. The van der Waals surface area contributed by atoms with E-state index in [0.29, 0.717) is 13.2 Å². The van der Waals surface area contributed by atoms with Crippen molar-refractivity contribution in [2.24, 2.45) is 0 Å². The molecule has 0 aliphatic rings. The monoisotopic (exact) mass is 390 g/mol. The Kier molecular flexibility index (Phi) is 6.26. The summed E-state index contributed by atoms with van der Waals surface area (Å²) < 4.78 is 6.56. The van der Waals surface area contributed by atoms with Crippen molar-refractivity contribution in [2.45, 2.75) is 26.2 Å². The zero-order chi connectivity index (χ0) is 17.6. The van der Waals surface area contributed by atoms with Gasteiger partial charge in [0.05, 0.1) is 6.54 Å². The number of halogens is 1. The van der Waals surface area contributed by atoms with Gasteiger partial charge in [0.15, 0.2) is 0 Å². The zero-order valence-corrected chi connectivity index (χ0v) is 15.8. The molecule has 128 valence electrons. The molecule has 0 bridgehead atoms. The van der Waals surface area contributed by atoms with Crippen molar-refractivity contribution in [1.82, 2.24) is 5.32 Å². The van der Waals surface area contributed by atoms with Crippen LogP contribution in [0.3, 0.4) is 0 Å². The number of amides is 2. The van der Waals surface area contributed by atoms with Crippen molar-refractivity contribution in [3.8, 4) is 5.75 Å². The number of benzene rings is 2. The highest BCUT2D eigenvalue weighted by Gasteiger charge is 2.12. The first-order valence-corrected chi connectivity index (χ1v) is 8.68. The molecule has 0 aliphatic heterocycles. The predicted molar refractivity (Wildman–Crippen MR) is 102 cm³/mol. The number of hydrogen-bond donors (Lipinski definition) is 2. The summed E-state index contributed by atoms with van der Waals surface area (Å²) in [6.07, 6.45) is 0. The highest BCUT2D eigenvalue weighted by molar-refractivity contribution is 9.10. The molecule has 4 nitrogen and oxygen atoms in total. The van der Waals surface area contributed by atoms with Gasteiger partial charge in [-0.15, -0.1) is 0 Å². The fraction of sp³-hybridized carbons (Fsp3) is 0.316. The van der Waals surface area contributed by atoms with E-state index < -0.39 is 0 Å². The molecule has 0 spiro atoms. The number of nitrogens with one attached hydrogen (secondary N) is 2. The maximum Gasteiger partial charge on any atom is 0.319 e. The molecular weight excluding hydrogens is 368 g/mol. The Labute approximate surface area is 151 Å². The SMILES string of the molecule is CC(C)(C)c1ccc(OCCNC(=O)Nc2cccc(Br)c2)cc1. The molecule has 2 N–H and O–H groups in total. The van der Waals surface area contributed by atoms with E-state index in [1.807, 2.05) is 36.4 Å². The van der Waals surface area contributed by atoms with Gasteiger partial charge in [-0.2, -0.15) is 0 Å². The van der Waals surface area contributed by atoms with E-state index in [4.69, 9.17) is 4.74 Å². The van der Waals surface area contributed by atoms with Crippen LogP contribution in [0, 0.1) is 0 Å². The second kappa shape index (κ2) is 8.20. The van der Waals surface area contributed by atoms with Crippen LogP contribution in [0.5, 0.6) is 5.75 Å². The third kappa shape index (κ3) is 5.89. The summed E-state index contributed by atoms with van der Waals surface area (Å²) in [5, 5.41) is 5.54. The fourth-order valence-electron chi connectivity index (χ4n) is 2.13. The molecular formula is C19H23BrN2O2. The van der Waals surface area contributed by atoms with Gasteiger partial charge in [0, 0.05) is 10.2 Å². The van der Waals surface area contributed by atoms with Gasteiger partial charge in [-0.25, -0.2) is 4.79 Å². The number of ether oxygens (including phenoxy) is 1. The van der Waals surface area contributed by atoms with Gasteiger partial charge in [0.1, 0.15) is 12.4 Å². The van der Waals surface area contributed by atoms with Crippen molar-refractivity contribution in [3.63, 3.8) is 0 Å². The van der Waals surface area contributed by atoms with Crippen LogP contribution in [-0.2, 0) is 5.41 Å². The quantitative estimate of drug-likeness (QED) is 0.709. The van der Waals surface area contributed by atoms with Crippen LogP contribution in [-0.4, -0.2) is 19.2 Å². The Morgan fingerprint density at radius 1 is 1.12 bits per heavy atom. The second-order valence-corrected chi connectivity index (χ2v) is 7.43. The highest BCUT2D eigenvalue weighted by atomic mass is 79.9. The molecule has 0 aliphatic carbocycles. The van der Waals surface area contributed by atoms with E-state index in [0.717, 1.165) is 15.9 Å². The van der Waals surface area contributed by atoms with E-state index >= 15 is 0 Å². The number of urea groups is 1. The molecule has 0 fully saturated rings. The molecule has 0 unspecified atom stereocenters. The molecule has 2 aromatic rings. The first kappa shape index (κ1) is 18.3. The van der Waals surface area contributed by atoms with E-state index in [1.54, 1.807) is 0 Å². The number of anilines is 1. The van der Waals surface area contributed by atoms with Gasteiger partial charge >= 0.3 is 6.03 Å². The van der Waals surface area contributed by atoms with Crippen molar-refractivity contribution in [3.05, 3.63) is 58.6 Å². The third-order valence-corrected chi connectivity index (χ3v) is 3.95. The molecule has 5 heteroatoms. The smallest absolute Gasteiger partial charge is 0.319 e. The lowest BCUT2D eigenvalue weighted by molar-refractivity contribution is 0.247. The Morgan fingerprint density at radius 3 is 2.46 bits per heavy atom. The molecule has 0 heterocycles. The van der Waals surface area contributed by atoms with Gasteiger partial charge in [-0.3, -0.25) is 0 Å². The molecule has 2 aromatic carbocycles. The Bertz CT molecular complexity index is 679. The number of rotatable bonds is 5.